The van der Waals surface area contributed by atoms with E-state index in [1.54, 1.807) is 24.3 Å². The maximum atomic E-state index is 12.6. The normalized spacial score (nSPS) is 11.4. The first-order valence-corrected chi connectivity index (χ1v) is 17.4. The Morgan fingerprint density at radius 3 is 1.15 bits per heavy atom. The van der Waals surface area contributed by atoms with Crippen LogP contribution in [0, 0.1) is 0 Å². The number of rotatable bonds is 8. The molecule has 0 atom stereocenters. The van der Waals surface area contributed by atoms with Gasteiger partial charge in [0.25, 0.3) is 11.8 Å². The van der Waals surface area contributed by atoms with Gasteiger partial charge in [-0.2, -0.15) is 0 Å². The maximum Gasteiger partial charge on any atom is 0.255 e. The van der Waals surface area contributed by atoms with Gasteiger partial charge in [0.05, 0.1) is 0 Å². The largest absolute Gasteiger partial charge is 0.322 e. The zero-order valence-electron chi connectivity index (χ0n) is 20.3. The van der Waals surface area contributed by atoms with Gasteiger partial charge in [0.2, 0.25) is 0 Å². The number of carbonyl (C=O) groups excluding carboxylic acids is 2. The van der Waals surface area contributed by atoms with Crippen molar-refractivity contribution in [1.29, 1.82) is 0 Å². The smallest absolute Gasteiger partial charge is 0.255 e. The molecule has 0 aliphatic rings. The lowest BCUT2D eigenvalue weighted by Gasteiger charge is -2.18. The molecule has 0 saturated heterocycles. The SMILES string of the molecule is C=C[Si](C)(C)c1ccc(C(=O)Nc2ccc(NC(=O)c3ccc([Si](C)(C)C=C)cc3)cc2)cc1. The van der Waals surface area contributed by atoms with Crippen molar-refractivity contribution in [2.75, 3.05) is 10.6 Å². The van der Waals surface area contributed by atoms with Gasteiger partial charge in [-0.05, 0) is 48.5 Å². The molecule has 34 heavy (non-hydrogen) atoms. The van der Waals surface area contributed by atoms with Gasteiger partial charge in [-0.1, -0.05) is 72.2 Å². The van der Waals surface area contributed by atoms with E-state index in [4.69, 9.17) is 0 Å². The van der Waals surface area contributed by atoms with E-state index in [-0.39, 0.29) is 11.8 Å². The van der Waals surface area contributed by atoms with Crippen LogP contribution in [0.4, 0.5) is 11.4 Å². The van der Waals surface area contributed by atoms with Crippen LogP contribution in [0.5, 0.6) is 0 Å². The average molecular weight is 485 g/mol. The molecule has 0 aliphatic heterocycles. The van der Waals surface area contributed by atoms with Crippen molar-refractivity contribution < 1.29 is 9.59 Å². The molecular weight excluding hydrogens is 452 g/mol. The molecule has 0 radical (unpaired) electrons. The number of nitrogens with one attached hydrogen (secondary N) is 2. The van der Waals surface area contributed by atoms with Gasteiger partial charge >= 0.3 is 0 Å². The van der Waals surface area contributed by atoms with Crippen molar-refractivity contribution in [3.05, 3.63) is 108 Å². The second-order valence-electron chi connectivity index (χ2n) is 9.49. The third-order valence-corrected chi connectivity index (χ3v) is 11.9. The number of benzene rings is 3. The van der Waals surface area contributed by atoms with Gasteiger partial charge < -0.3 is 10.6 Å². The third kappa shape index (κ3) is 5.89. The van der Waals surface area contributed by atoms with Crippen LogP contribution in [0.15, 0.2) is 97.4 Å². The quantitative estimate of drug-likeness (QED) is 0.416. The van der Waals surface area contributed by atoms with E-state index in [9.17, 15) is 9.59 Å². The molecule has 0 heterocycles. The van der Waals surface area contributed by atoms with Gasteiger partial charge in [0.15, 0.2) is 0 Å². The topological polar surface area (TPSA) is 58.2 Å². The highest BCUT2D eigenvalue weighted by molar-refractivity contribution is 6.94. The van der Waals surface area contributed by atoms with Crippen LogP contribution in [-0.2, 0) is 0 Å². The van der Waals surface area contributed by atoms with E-state index < -0.39 is 16.1 Å². The summed E-state index contributed by atoms with van der Waals surface area (Å²) in [6.45, 7) is 16.7. The summed E-state index contributed by atoms with van der Waals surface area (Å²) in [4.78, 5) is 25.2. The zero-order chi connectivity index (χ0) is 24.9. The Morgan fingerprint density at radius 2 is 0.882 bits per heavy atom. The molecule has 174 valence electrons. The van der Waals surface area contributed by atoms with Gasteiger partial charge in [-0.25, -0.2) is 0 Å². The molecule has 0 bridgehead atoms. The molecule has 0 saturated carbocycles. The fourth-order valence-electron chi connectivity index (χ4n) is 3.38. The molecule has 6 heteroatoms. The predicted octanol–water partition coefficient (Wildman–Crippen LogP) is 5.47. The Hall–Kier alpha value is -3.49. The van der Waals surface area contributed by atoms with Crippen molar-refractivity contribution in [1.82, 2.24) is 0 Å². The van der Waals surface area contributed by atoms with Crippen LogP contribution in [0.25, 0.3) is 0 Å². The van der Waals surface area contributed by atoms with Crippen molar-refractivity contribution >= 4 is 49.7 Å². The lowest BCUT2D eigenvalue weighted by atomic mass is 10.2. The second-order valence-corrected chi connectivity index (χ2v) is 18.3. The zero-order valence-corrected chi connectivity index (χ0v) is 22.3. The summed E-state index contributed by atoms with van der Waals surface area (Å²) in [6.07, 6.45) is 0. The fourth-order valence-corrected chi connectivity index (χ4v) is 5.90. The van der Waals surface area contributed by atoms with Crippen LogP contribution >= 0.6 is 0 Å². The Balaban J connectivity index is 1.61. The molecule has 0 fully saturated rings. The van der Waals surface area contributed by atoms with Crippen LogP contribution in [0.2, 0.25) is 26.2 Å². The van der Waals surface area contributed by atoms with E-state index >= 15 is 0 Å². The molecular formula is C28H32N2O2Si2. The van der Waals surface area contributed by atoms with Crippen LogP contribution in [-0.4, -0.2) is 28.0 Å². The van der Waals surface area contributed by atoms with E-state index in [1.165, 1.54) is 10.4 Å². The minimum absolute atomic E-state index is 0.174. The molecule has 0 aliphatic carbocycles. The lowest BCUT2D eigenvalue weighted by molar-refractivity contribution is 0.101. The Kier molecular flexibility index (Phi) is 7.54. The third-order valence-electron chi connectivity index (χ3n) is 6.20. The maximum absolute atomic E-state index is 12.6. The Labute approximate surface area is 204 Å². The highest BCUT2D eigenvalue weighted by atomic mass is 28.3. The average Bonchev–Trinajstić information content (AvgIpc) is 2.85. The van der Waals surface area contributed by atoms with Crippen molar-refractivity contribution in [2.45, 2.75) is 26.2 Å². The van der Waals surface area contributed by atoms with Gasteiger partial charge in [-0.15, -0.1) is 13.2 Å². The van der Waals surface area contributed by atoms with E-state index in [1.807, 2.05) is 59.9 Å². The first-order chi connectivity index (χ1) is 16.1. The highest BCUT2D eigenvalue weighted by Crippen LogP contribution is 2.16. The molecule has 0 unspecified atom stereocenters. The van der Waals surface area contributed by atoms with Crippen molar-refractivity contribution in [2.24, 2.45) is 0 Å². The molecule has 3 rings (SSSR count). The number of hydrogen-bond acceptors (Lipinski definition) is 2. The van der Waals surface area contributed by atoms with Crippen LogP contribution < -0.4 is 21.0 Å². The molecule has 0 aromatic heterocycles. The van der Waals surface area contributed by atoms with E-state index in [2.05, 4.69) is 50.0 Å². The summed E-state index contributed by atoms with van der Waals surface area (Å²) in [7, 11) is -3.29. The number of anilines is 2. The van der Waals surface area contributed by atoms with E-state index in [0.29, 0.717) is 22.5 Å². The van der Waals surface area contributed by atoms with Crippen molar-refractivity contribution in [3.8, 4) is 0 Å². The molecule has 3 aromatic carbocycles. The summed E-state index contributed by atoms with van der Waals surface area (Å²) >= 11 is 0. The minimum atomic E-state index is -1.65. The summed E-state index contributed by atoms with van der Waals surface area (Å²) < 4.78 is 0. The highest BCUT2D eigenvalue weighted by Gasteiger charge is 2.20. The van der Waals surface area contributed by atoms with Gasteiger partial charge in [0.1, 0.15) is 16.1 Å². The van der Waals surface area contributed by atoms with Crippen molar-refractivity contribution in [3.63, 3.8) is 0 Å². The fraction of sp³-hybridized carbons (Fsp3) is 0.143. The number of amides is 2. The minimum Gasteiger partial charge on any atom is -0.322 e. The Morgan fingerprint density at radius 1 is 0.588 bits per heavy atom. The molecule has 4 nitrogen and oxygen atoms in total. The van der Waals surface area contributed by atoms with Gasteiger partial charge in [-0.3, -0.25) is 9.59 Å². The predicted molar refractivity (Wildman–Crippen MR) is 150 cm³/mol. The molecule has 3 aromatic rings. The summed E-state index contributed by atoms with van der Waals surface area (Å²) in [5.74, 6) is -0.347. The van der Waals surface area contributed by atoms with Crippen LogP contribution in [0.3, 0.4) is 0 Å². The monoisotopic (exact) mass is 484 g/mol. The number of carbonyl (C=O) groups is 2. The first kappa shape index (κ1) is 25.1. The standard InChI is InChI=1S/C28H32N2O2Si2/c1-7-33(3,4)25-17-9-21(10-18-25)27(31)29-23-13-15-24(16-14-23)30-28(32)22-11-19-26(20-12-22)34(5,6)8-2/h7-20H,1-2H2,3-6H3,(H,29,31)(H,30,32). The van der Waals surface area contributed by atoms with E-state index in [0.717, 1.165) is 0 Å². The summed E-state index contributed by atoms with van der Waals surface area (Å²) in [5.41, 5.74) is 6.58. The summed E-state index contributed by atoms with van der Waals surface area (Å²) in [5, 5.41) is 8.28. The van der Waals surface area contributed by atoms with Crippen LogP contribution in [0.1, 0.15) is 20.7 Å². The first-order valence-electron chi connectivity index (χ1n) is 11.3. The molecule has 0 spiro atoms. The summed E-state index contributed by atoms with van der Waals surface area (Å²) in [6, 6.07) is 22.5. The number of hydrogen-bond donors (Lipinski definition) is 2. The molecule has 2 N–H and O–H groups in total. The Bertz CT molecular complexity index is 1100. The second kappa shape index (κ2) is 10.2. The lowest BCUT2D eigenvalue weighted by Crippen LogP contribution is -2.39. The molecule has 2 amide bonds. The van der Waals surface area contributed by atoms with Gasteiger partial charge in [0, 0.05) is 22.5 Å².